The number of rotatable bonds is 4. The van der Waals surface area contributed by atoms with Crippen molar-refractivity contribution in [3.8, 4) is 0 Å². The standard InChI is InChI=1S/C11H14N2O5S/c14-8-10-2-1-7-12(10)19(17,18)11-5-3-9(4-6-11)13(15)16/h3-6,10,14H,1-2,7-8H2/t10-/m0/s1. The second-order valence-corrected chi connectivity index (χ2v) is 6.24. The Kier molecular flexibility index (Phi) is 3.83. The van der Waals surface area contributed by atoms with Gasteiger partial charge >= 0.3 is 0 Å². The molecule has 0 radical (unpaired) electrons. The van der Waals surface area contributed by atoms with Gasteiger partial charge in [-0.3, -0.25) is 10.1 Å². The predicted molar refractivity (Wildman–Crippen MR) is 67.1 cm³/mol. The van der Waals surface area contributed by atoms with Crippen LogP contribution in [0.4, 0.5) is 5.69 Å². The minimum absolute atomic E-state index is 0.0125. The average Bonchev–Trinajstić information content (AvgIpc) is 2.87. The van der Waals surface area contributed by atoms with E-state index < -0.39 is 21.0 Å². The first-order chi connectivity index (χ1) is 8.96. The van der Waals surface area contributed by atoms with Gasteiger partial charge in [-0.25, -0.2) is 8.42 Å². The van der Waals surface area contributed by atoms with Crippen LogP contribution in [0.15, 0.2) is 29.2 Å². The van der Waals surface area contributed by atoms with Gasteiger partial charge in [0.05, 0.1) is 16.4 Å². The van der Waals surface area contributed by atoms with Crippen LogP contribution in [0.1, 0.15) is 12.8 Å². The van der Waals surface area contributed by atoms with Crippen molar-refractivity contribution in [2.45, 2.75) is 23.8 Å². The fraction of sp³-hybridized carbons (Fsp3) is 0.455. The second kappa shape index (κ2) is 5.24. The molecule has 1 aromatic carbocycles. The summed E-state index contributed by atoms with van der Waals surface area (Å²) in [6.07, 6.45) is 1.33. The number of benzene rings is 1. The normalized spacial score (nSPS) is 20.6. The van der Waals surface area contributed by atoms with Gasteiger partial charge < -0.3 is 5.11 Å². The molecule has 0 saturated carbocycles. The number of aliphatic hydroxyl groups is 1. The topological polar surface area (TPSA) is 101 Å². The highest BCUT2D eigenvalue weighted by Gasteiger charge is 2.34. The van der Waals surface area contributed by atoms with Gasteiger partial charge in [0.15, 0.2) is 0 Å². The lowest BCUT2D eigenvalue weighted by Crippen LogP contribution is -2.37. The Hall–Kier alpha value is -1.51. The summed E-state index contributed by atoms with van der Waals surface area (Å²) in [7, 11) is -3.69. The van der Waals surface area contributed by atoms with E-state index in [0.717, 1.165) is 12.1 Å². The molecule has 1 atom stereocenters. The van der Waals surface area contributed by atoms with E-state index in [1.807, 2.05) is 0 Å². The molecule has 0 aliphatic carbocycles. The van der Waals surface area contributed by atoms with E-state index in [2.05, 4.69) is 0 Å². The molecule has 0 spiro atoms. The Morgan fingerprint density at radius 3 is 2.53 bits per heavy atom. The van der Waals surface area contributed by atoms with Crippen LogP contribution >= 0.6 is 0 Å². The van der Waals surface area contributed by atoms with E-state index in [1.165, 1.54) is 16.4 Å². The highest BCUT2D eigenvalue weighted by atomic mass is 32.2. The number of sulfonamides is 1. The third-order valence-corrected chi connectivity index (χ3v) is 5.15. The molecule has 19 heavy (non-hydrogen) atoms. The molecule has 104 valence electrons. The van der Waals surface area contributed by atoms with Crippen molar-refractivity contribution in [3.05, 3.63) is 34.4 Å². The highest BCUT2D eigenvalue weighted by Crippen LogP contribution is 2.26. The SMILES string of the molecule is O=[N+]([O-])c1ccc(S(=O)(=O)N2CCC[C@H]2CO)cc1. The Balaban J connectivity index is 2.31. The number of nitro groups is 1. The molecular formula is C11H14N2O5S. The predicted octanol–water partition coefficient (Wildman–Crippen LogP) is 0.740. The van der Waals surface area contributed by atoms with Gasteiger partial charge in [0.2, 0.25) is 10.0 Å². The first kappa shape index (κ1) is 13.9. The van der Waals surface area contributed by atoms with Gasteiger partial charge in [0, 0.05) is 24.7 Å². The smallest absolute Gasteiger partial charge is 0.269 e. The van der Waals surface area contributed by atoms with Crippen LogP contribution in [0.25, 0.3) is 0 Å². The van der Waals surface area contributed by atoms with Gasteiger partial charge in [-0.05, 0) is 25.0 Å². The largest absolute Gasteiger partial charge is 0.395 e. The van der Waals surface area contributed by atoms with Crippen LogP contribution in [0.5, 0.6) is 0 Å². The lowest BCUT2D eigenvalue weighted by atomic mass is 10.2. The molecule has 0 unspecified atom stereocenters. The monoisotopic (exact) mass is 286 g/mol. The molecule has 1 aromatic rings. The van der Waals surface area contributed by atoms with Gasteiger partial charge in [-0.15, -0.1) is 0 Å². The molecule has 0 aromatic heterocycles. The van der Waals surface area contributed by atoms with Crippen molar-refractivity contribution in [2.75, 3.05) is 13.2 Å². The zero-order valence-electron chi connectivity index (χ0n) is 10.1. The molecule has 2 rings (SSSR count). The number of nitro benzene ring substituents is 1. The van der Waals surface area contributed by atoms with Gasteiger partial charge in [0.1, 0.15) is 0 Å². The molecule has 0 amide bonds. The Morgan fingerprint density at radius 1 is 1.37 bits per heavy atom. The summed E-state index contributed by atoms with van der Waals surface area (Å²) in [5.74, 6) is 0. The molecule has 0 bridgehead atoms. The van der Waals surface area contributed by atoms with E-state index in [4.69, 9.17) is 5.11 Å². The molecule has 1 saturated heterocycles. The molecular weight excluding hydrogens is 272 g/mol. The third-order valence-electron chi connectivity index (χ3n) is 3.19. The van der Waals surface area contributed by atoms with Crippen molar-refractivity contribution < 1.29 is 18.4 Å². The highest BCUT2D eigenvalue weighted by molar-refractivity contribution is 7.89. The minimum atomic E-state index is -3.69. The summed E-state index contributed by atoms with van der Waals surface area (Å²) in [5.41, 5.74) is -0.154. The van der Waals surface area contributed by atoms with Crippen molar-refractivity contribution in [1.82, 2.24) is 4.31 Å². The molecule has 1 heterocycles. The Labute approximate surface area is 110 Å². The third kappa shape index (κ3) is 2.60. The van der Waals surface area contributed by atoms with Crippen LogP contribution < -0.4 is 0 Å². The molecule has 7 nitrogen and oxygen atoms in total. The summed E-state index contributed by atoms with van der Waals surface area (Å²) < 4.78 is 25.9. The summed E-state index contributed by atoms with van der Waals surface area (Å²) >= 11 is 0. The molecule has 8 heteroatoms. The Bertz CT molecular complexity index is 569. The van der Waals surface area contributed by atoms with E-state index in [1.54, 1.807) is 0 Å². The number of hydrogen-bond acceptors (Lipinski definition) is 5. The Morgan fingerprint density at radius 2 is 2.00 bits per heavy atom. The van der Waals surface area contributed by atoms with Gasteiger partial charge in [0.25, 0.3) is 5.69 Å². The van der Waals surface area contributed by atoms with Crippen LogP contribution in [0.3, 0.4) is 0 Å². The molecule has 1 aliphatic rings. The fourth-order valence-electron chi connectivity index (χ4n) is 2.18. The van der Waals surface area contributed by atoms with E-state index >= 15 is 0 Å². The van der Waals surface area contributed by atoms with Crippen LogP contribution in [-0.2, 0) is 10.0 Å². The number of hydrogen-bond donors (Lipinski definition) is 1. The number of nitrogens with zero attached hydrogens (tertiary/aromatic N) is 2. The lowest BCUT2D eigenvalue weighted by Gasteiger charge is -2.22. The molecule has 1 N–H and O–H groups in total. The van der Waals surface area contributed by atoms with Crippen molar-refractivity contribution in [1.29, 1.82) is 0 Å². The van der Waals surface area contributed by atoms with E-state index in [-0.39, 0.29) is 17.2 Å². The number of aliphatic hydroxyl groups excluding tert-OH is 1. The quantitative estimate of drug-likeness (QED) is 0.650. The maximum Gasteiger partial charge on any atom is 0.269 e. The van der Waals surface area contributed by atoms with Crippen LogP contribution in [0, 0.1) is 10.1 Å². The number of non-ortho nitro benzene ring substituents is 1. The zero-order chi connectivity index (χ0) is 14.0. The van der Waals surface area contributed by atoms with Crippen LogP contribution in [-0.4, -0.2) is 41.9 Å². The second-order valence-electron chi connectivity index (χ2n) is 4.35. The maximum atomic E-state index is 12.3. The lowest BCUT2D eigenvalue weighted by molar-refractivity contribution is -0.384. The van der Waals surface area contributed by atoms with Gasteiger partial charge in [-0.1, -0.05) is 0 Å². The first-order valence-corrected chi connectivity index (χ1v) is 7.28. The van der Waals surface area contributed by atoms with Crippen LogP contribution in [0.2, 0.25) is 0 Å². The summed E-state index contributed by atoms with van der Waals surface area (Å²) in [4.78, 5) is 9.96. The fourth-order valence-corrected chi connectivity index (χ4v) is 3.87. The van der Waals surface area contributed by atoms with E-state index in [9.17, 15) is 18.5 Å². The van der Waals surface area contributed by atoms with Crippen molar-refractivity contribution in [3.63, 3.8) is 0 Å². The summed E-state index contributed by atoms with van der Waals surface area (Å²) in [6.45, 7) is 0.150. The summed E-state index contributed by atoms with van der Waals surface area (Å²) in [6, 6.07) is 4.37. The maximum absolute atomic E-state index is 12.3. The van der Waals surface area contributed by atoms with Gasteiger partial charge in [-0.2, -0.15) is 4.31 Å². The first-order valence-electron chi connectivity index (χ1n) is 5.84. The minimum Gasteiger partial charge on any atom is -0.395 e. The molecule has 1 fully saturated rings. The van der Waals surface area contributed by atoms with Crippen molar-refractivity contribution >= 4 is 15.7 Å². The average molecular weight is 286 g/mol. The molecule has 1 aliphatic heterocycles. The van der Waals surface area contributed by atoms with E-state index in [0.29, 0.717) is 19.4 Å². The van der Waals surface area contributed by atoms with Crippen molar-refractivity contribution in [2.24, 2.45) is 0 Å². The summed E-state index contributed by atoms with van der Waals surface area (Å²) in [5, 5.41) is 19.7. The zero-order valence-corrected chi connectivity index (χ0v) is 10.9.